The van der Waals surface area contributed by atoms with E-state index in [-0.39, 0.29) is 24.8 Å². The van der Waals surface area contributed by atoms with Crippen molar-refractivity contribution in [2.24, 2.45) is 0 Å². The summed E-state index contributed by atoms with van der Waals surface area (Å²) >= 11 is 0. The summed E-state index contributed by atoms with van der Waals surface area (Å²) < 4.78 is 24.3. The molecule has 0 heterocycles. The van der Waals surface area contributed by atoms with Gasteiger partial charge in [0.1, 0.15) is 11.8 Å². The van der Waals surface area contributed by atoms with E-state index in [4.69, 9.17) is 9.47 Å². The number of amides is 2. The number of carbonyl (C=O) groups is 2. The minimum atomic E-state index is -0.747. The molecule has 2 aromatic rings. The highest BCUT2D eigenvalue weighted by Gasteiger charge is 2.28. The summed E-state index contributed by atoms with van der Waals surface area (Å²) in [6.45, 7) is 7.08. The quantitative estimate of drug-likeness (QED) is 0.715. The highest BCUT2D eigenvalue weighted by atomic mass is 19.1. The monoisotopic (exact) mass is 416 g/mol. The molecule has 0 aliphatic heterocycles. The number of methoxy groups -OCH3 is 1. The second-order valence-electron chi connectivity index (χ2n) is 8.00. The molecule has 0 spiro atoms. The first-order valence-electron chi connectivity index (χ1n) is 9.72. The van der Waals surface area contributed by atoms with Crippen molar-refractivity contribution < 1.29 is 23.5 Å². The van der Waals surface area contributed by atoms with E-state index >= 15 is 0 Å². The number of para-hydroxylation sites is 1. The Morgan fingerprint density at radius 3 is 2.30 bits per heavy atom. The van der Waals surface area contributed by atoms with E-state index in [2.05, 4.69) is 5.32 Å². The zero-order valence-electron chi connectivity index (χ0n) is 18.1. The second-order valence-corrected chi connectivity index (χ2v) is 8.00. The van der Waals surface area contributed by atoms with Gasteiger partial charge >= 0.3 is 0 Å². The van der Waals surface area contributed by atoms with Gasteiger partial charge in [0.05, 0.1) is 7.11 Å². The van der Waals surface area contributed by atoms with Crippen LogP contribution in [0.5, 0.6) is 11.5 Å². The van der Waals surface area contributed by atoms with Crippen molar-refractivity contribution in [1.82, 2.24) is 10.2 Å². The average molecular weight is 416 g/mol. The Labute approximate surface area is 177 Å². The summed E-state index contributed by atoms with van der Waals surface area (Å²) in [5.74, 6) is -0.577. The predicted molar refractivity (Wildman–Crippen MR) is 113 cm³/mol. The van der Waals surface area contributed by atoms with Gasteiger partial charge in [-0.3, -0.25) is 9.59 Å². The molecule has 0 saturated carbocycles. The predicted octanol–water partition coefficient (Wildman–Crippen LogP) is 3.55. The number of benzene rings is 2. The van der Waals surface area contributed by atoms with Crippen LogP contribution in [0.3, 0.4) is 0 Å². The Bertz CT molecular complexity index is 862. The van der Waals surface area contributed by atoms with Crippen molar-refractivity contribution >= 4 is 11.8 Å². The summed E-state index contributed by atoms with van der Waals surface area (Å²) in [6, 6.07) is 12.3. The Hall–Kier alpha value is -3.09. The van der Waals surface area contributed by atoms with Gasteiger partial charge in [0.2, 0.25) is 5.91 Å². The van der Waals surface area contributed by atoms with Crippen LogP contribution in [0.1, 0.15) is 33.3 Å². The zero-order chi connectivity index (χ0) is 22.3. The summed E-state index contributed by atoms with van der Waals surface area (Å²) in [5.41, 5.74) is 0.384. The van der Waals surface area contributed by atoms with Crippen molar-refractivity contribution in [2.75, 3.05) is 13.7 Å². The van der Waals surface area contributed by atoms with Gasteiger partial charge in [-0.1, -0.05) is 24.3 Å². The van der Waals surface area contributed by atoms with Gasteiger partial charge < -0.3 is 19.7 Å². The van der Waals surface area contributed by atoms with E-state index in [1.807, 2.05) is 32.9 Å². The van der Waals surface area contributed by atoms with Gasteiger partial charge in [-0.15, -0.1) is 0 Å². The summed E-state index contributed by atoms with van der Waals surface area (Å²) in [6.07, 6.45) is 0. The minimum absolute atomic E-state index is 0.0120. The Kier molecular flexibility index (Phi) is 7.80. The number of hydrogen-bond acceptors (Lipinski definition) is 4. The van der Waals surface area contributed by atoms with Gasteiger partial charge in [-0.05, 0) is 57.5 Å². The third-order valence-electron chi connectivity index (χ3n) is 4.37. The van der Waals surface area contributed by atoms with Crippen LogP contribution in [-0.2, 0) is 16.1 Å². The number of hydrogen-bond donors (Lipinski definition) is 1. The van der Waals surface area contributed by atoms with Crippen molar-refractivity contribution in [3.8, 4) is 11.5 Å². The third kappa shape index (κ3) is 6.76. The fraction of sp³-hybridized carbons (Fsp3) is 0.391. The lowest BCUT2D eigenvalue weighted by Crippen LogP contribution is -2.53. The molecule has 0 aromatic heterocycles. The van der Waals surface area contributed by atoms with Crippen LogP contribution >= 0.6 is 0 Å². The van der Waals surface area contributed by atoms with E-state index in [0.29, 0.717) is 5.75 Å². The second kappa shape index (κ2) is 10.1. The summed E-state index contributed by atoms with van der Waals surface area (Å²) in [4.78, 5) is 27.1. The fourth-order valence-corrected chi connectivity index (χ4v) is 2.77. The van der Waals surface area contributed by atoms with Crippen molar-refractivity contribution in [1.29, 1.82) is 0 Å². The molecule has 1 N–H and O–H groups in total. The molecule has 0 radical (unpaired) electrons. The van der Waals surface area contributed by atoms with Crippen LogP contribution in [0.25, 0.3) is 0 Å². The lowest BCUT2D eigenvalue weighted by Gasteiger charge is -2.31. The Balaban J connectivity index is 2.18. The molecule has 0 saturated heterocycles. The van der Waals surface area contributed by atoms with Crippen LogP contribution in [0.2, 0.25) is 0 Å². The topological polar surface area (TPSA) is 67.9 Å². The molecule has 1 atom stereocenters. The lowest BCUT2D eigenvalue weighted by atomic mass is 10.1. The zero-order valence-corrected chi connectivity index (χ0v) is 18.1. The van der Waals surface area contributed by atoms with E-state index < -0.39 is 23.3 Å². The average Bonchev–Trinajstić information content (AvgIpc) is 2.70. The van der Waals surface area contributed by atoms with Crippen LogP contribution in [0.15, 0.2) is 48.5 Å². The standard InChI is InChI=1S/C23H29FN2O4/c1-16(22(28)25-23(2,3)4)26(14-17-10-12-18(29-5)13-11-17)21(27)15-30-20-9-7-6-8-19(20)24/h6-13,16H,14-15H2,1-5H3,(H,25,28)/t16-/m1/s1. The molecule has 2 aromatic carbocycles. The number of rotatable bonds is 8. The smallest absolute Gasteiger partial charge is 0.261 e. The van der Waals surface area contributed by atoms with Crippen molar-refractivity contribution in [3.05, 3.63) is 59.9 Å². The molecule has 0 aliphatic carbocycles. The van der Waals surface area contributed by atoms with Gasteiger partial charge in [0, 0.05) is 12.1 Å². The first-order chi connectivity index (χ1) is 14.1. The highest BCUT2D eigenvalue weighted by Crippen LogP contribution is 2.18. The molecule has 2 amide bonds. The van der Waals surface area contributed by atoms with Crippen molar-refractivity contribution in [3.63, 3.8) is 0 Å². The Morgan fingerprint density at radius 2 is 1.73 bits per heavy atom. The number of ether oxygens (including phenoxy) is 2. The van der Waals surface area contributed by atoms with E-state index in [0.717, 1.165) is 5.56 Å². The van der Waals surface area contributed by atoms with E-state index in [9.17, 15) is 14.0 Å². The third-order valence-corrected chi connectivity index (χ3v) is 4.37. The lowest BCUT2D eigenvalue weighted by molar-refractivity contribution is -0.142. The Morgan fingerprint density at radius 1 is 1.10 bits per heavy atom. The van der Waals surface area contributed by atoms with Gasteiger partial charge in [-0.25, -0.2) is 4.39 Å². The first-order valence-corrected chi connectivity index (χ1v) is 9.72. The van der Waals surface area contributed by atoms with E-state index in [1.165, 1.54) is 17.0 Å². The molecule has 6 nitrogen and oxygen atoms in total. The molecule has 7 heteroatoms. The molecule has 162 valence electrons. The summed E-state index contributed by atoms with van der Waals surface area (Å²) in [5, 5.41) is 2.89. The molecule has 0 aliphatic rings. The molecule has 30 heavy (non-hydrogen) atoms. The maximum Gasteiger partial charge on any atom is 0.261 e. The molecular formula is C23H29FN2O4. The molecule has 0 bridgehead atoms. The van der Waals surface area contributed by atoms with Crippen LogP contribution in [0.4, 0.5) is 4.39 Å². The van der Waals surface area contributed by atoms with Gasteiger partial charge in [0.15, 0.2) is 18.2 Å². The van der Waals surface area contributed by atoms with Gasteiger partial charge in [0.25, 0.3) is 5.91 Å². The first kappa shape index (κ1) is 23.2. The maximum atomic E-state index is 13.8. The number of halogens is 1. The van der Waals surface area contributed by atoms with E-state index in [1.54, 1.807) is 38.3 Å². The van der Waals surface area contributed by atoms with Crippen LogP contribution in [-0.4, -0.2) is 42.0 Å². The molecular weight excluding hydrogens is 387 g/mol. The summed E-state index contributed by atoms with van der Waals surface area (Å²) in [7, 11) is 1.57. The van der Waals surface area contributed by atoms with Crippen molar-refractivity contribution in [2.45, 2.75) is 45.8 Å². The molecule has 0 unspecified atom stereocenters. The maximum absolute atomic E-state index is 13.8. The SMILES string of the molecule is COc1ccc(CN(C(=O)COc2ccccc2F)[C@H](C)C(=O)NC(C)(C)C)cc1. The minimum Gasteiger partial charge on any atom is -0.497 e. The largest absolute Gasteiger partial charge is 0.497 e. The van der Waals surface area contributed by atoms with Gasteiger partial charge in [-0.2, -0.15) is 0 Å². The normalized spacial score (nSPS) is 12.1. The number of nitrogens with zero attached hydrogens (tertiary/aromatic N) is 1. The van der Waals surface area contributed by atoms with Crippen LogP contribution < -0.4 is 14.8 Å². The molecule has 0 fully saturated rings. The number of nitrogens with one attached hydrogen (secondary N) is 1. The van der Waals surface area contributed by atoms with Crippen LogP contribution in [0, 0.1) is 5.82 Å². The molecule has 2 rings (SSSR count). The highest BCUT2D eigenvalue weighted by molar-refractivity contribution is 5.88. The fourth-order valence-electron chi connectivity index (χ4n) is 2.77. The number of carbonyl (C=O) groups excluding carboxylic acids is 2.